The van der Waals surface area contributed by atoms with Gasteiger partial charge in [0, 0.05) is 0 Å². The SMILES string of the molecule is Cc1ccccc1C(c1ccccc1)(c1ccc(O)cc1)c1ccccc1C. The van der Waals surface area contributed by atoms with Crippen LogP contribution in [0, 0.1) is 13.8 Å². The first-order chi connectivity index (χ1) is 13.6. The summed E-state index contributed by atoms with van der Waals surface area (Å²) in [6, 6.07) is 35.5. The molecule has 0 aliphatic rings. The number of benzene rings is 4. The van der Waals surface area contributed by atoms with Gasteiger partial charge in [0.05, 0.1) is 5.41 Å². The van der Waals surface area contributed by atoms with E-state index in [0.717, 1.165) is 5.56 Å². The van der Waals surface area contributed by atoms with E-state index in [9.17, 15) is 5.11 Å². The molecule has 0 amide bonds. The molecule has 0 unspecified atom stereocenters. The minimum atomic E-state index is -0.467. The number of phenolic OH excluding ortho intramolecular Hbond substituents is 1. The highest BCUT2D eigenvalue weighted by molar-refractivity contribution is 5.63. The van der Waals surface area contributed by atoms with E-state index in [1.807, 2.05) is 12.1 Å². The number of hydrogen-bond donors (Lipinski definition) is 1. The second-order valence-electron chi connectivity index (χ2n) is 7.29. The van der Waals surface area contributed by atoms with E-state index in [0.29, 0.717) is 0 Å². The van der Waals surface area contributed by atoms with Crippen LogP contribution in [0.25, 0.3) is 0 Å². The second-order valence-corrected chi connectivity index (χ2v) is 7.29. The largest absolute Gasteiger partial charge is 0.508 e. The van der Waals surface area contributed by atoms with Gasteiger partial charge in [-0.3, -0.25) is 0 Å². The maximum Gasteiger partial charge on any atom is 0.115 e. The monoisotopic (exact) mass is 364 g/mol. The first kappa shape index (κ1) is 18.1. The molecule has 4 aromatic rings. The third-order valence-electron chi connectivity index (χ3n) is 5.61. The summed E-state index contributed by atoms with van der Waals surface area (Å²) in [4.78, 5) is 0. The van der Waals surface area contributed by atoms with Gasteiger partial charge in [-0.25, -0.2) is 0 Å². The van der Waals surface area contributed by atoms with Crippen molar-refractivity contribution in [1.82, 2.24) is 0 Å². The van der Waals surface area contributed by atoms with Gasteiger partial charge in [-0.1, -0.05) is 91.0 Å². The second kappa shape index (κ2) is 7.36. The van der Waals surface area contributed by atoms with Crippen LogP contribution in [0.4, 0.5) is 0 Å². The van der Waals surface area contributed by atoms with Gasteiger partial charge in [0.2, 0.25) is 0 Å². The van der Waals surface area contributed by atoms with E-state index in [1.54, 1.807) is 12.1 Å². The Hall–Kier alpha value is -3.32. The number of rotatable bonds is 4. The molecule has 28 heavy (non-hydrogen) atoms. The summed E-state index contributed by atoms with van der Waals surface area (Å²) in [7, 11) is 0. The van der Waals surface area contributed by atoms with Crippen LogP contribution in [0.5, 0.6) is 5.75 Å². The highest BCUT2D eigenvalue weighted by Gasteiger charge is 2.40. The van der Waals surface area contributed by atoms with E-state index in [2.05, 4.69) is 92.7 Å². The van der Waals surface area contributed by atoms with Crippen LogP contribution in [0.1, 0.15) is 33.4 Å². The molecule has 4 rings (SSSR count). The number of hydrogen-bond acceptors (Lipinski definition) is 1. The summed E-state index contributed by atoms with van der Waals surface area (Å²) in [5.41, 5.74) is 6.86. The molecule has 0 bridgehead atoms. The van der Waals surface area contributed by atoms with Crippen LogP contribution in [-0.4, -0.2) is 5.11 Å². The third-order valence-corrected chi connectivity index (χ3v) is 5.61. The molecule has 0 fully saturated rings. The van der Waals surface area contributed by atoms with E-state index in [4.69, 9.17) is 0 Å². The normalized spacial score (nSPS) is 11.4. The summed E-state index contributed by atoms with van der Waals surface area (Å²) in [6.07, 6.45) is 0. The third kappa shape index (κ3) is 2.90. The van der Waals surface area contributed by atoms with E-state index >= 15 is 0 Å². The van der Waals surface area contributed by atoms with Crippen molar-refractivity contribution in [2.75, 3.05) is 0 Å². The highest BCUT2D eigenvalue weighted by atomic mass is 16.3. The molecule has 0 saturated carbocycles. The fraction of sp³-hybridized carbons (Fsp3) is 0.111. The first-order valence-corrected chi connectivity index (χ1v) is 9.61. The first-order valence-electron chi connectivity index (χ1n) is 9.61. The van der Waals surface area contributed by atoms with Crippen LogP contribution >= 0.6 is 0 Å². The zero-order valence-corrected chi connectivity index (χ0v) is 16.3. The molecule has 0 aromatic heterocycles. The molecule has 1 heteroatoms. The molecule has 0 radical (unpaired) electrons. The lowest BCUT2D eigenvalue weighted by atomic mass is 9.63. The topological polar surface area (TPSA) is 20.2 Å². The average molecular weight is 364 g/mol. The Morgan fingerprint density at radius 3 is 1.43 bits per heavy atom. The van der Waals surface area contributed by atoms with Gasteiger partial charge >= 0.3 is 0 Å². The van der Waals surface area contributed by atoms with E-state index < -0.39 is 5.41 Å². The summed E-state index contributed by atoms with van der Waals surface area (Å²) in [5, 5.41) is 9.94. The minimum absolute atomic E-state index is 0.278. The summed E-state index contributed by atoms with van der Waals surface area (Å²) >= 11 is 0. The van der Waals surface area contributed by atoms with Crippen molar-refractivity contribution < 1.29 is 5.11 Å². The molecule has 0 saturated heterocycles. The van der Waals surface area contributed by atoms with Gasteiger partial charge in [-0.05, 0) is 59.4 Å². The molecule has 0 heterocycles. The van der Waals surface area contributed by atoms with Crippen LogP contribution in [0.3, 0.4) is 0 Å². The Kier molecular flexibility index (Phi) is 4.75. The quantitative estimate of drug-likeness (QED) is 0.416. The van der Waals surface area contributed by atoms with Gasteiger partial charge in [0.1, 0.15) is 5.75 Å². The Balaban J connectivity index is 2.20. The highest BCUT2D eigenvalue weighted by Crippen LogP contribution is 2.47. The molecule has 1 nitrogen and oxygen atoms in total. The molecule has 1 N–H and O–H groups in total. The molecule has 0 aliphatic carbocycles. The van der Waals surface area contributed by atoms with Crippen LogP contribution in [-0.2, 0) is 5.41 Å². The molecule has 0 aliphatic heterocycles. The maximum atomic E-state index is 9.94. The lowest BCUT2D eigenvalue weighted by Gasteiger charge is -2.39. The van der Waals surface area contributed by atoms with Gasteiger partial charge in [-0.15, -0.1) is 0 Å². The molecular weight excluding hydrogens is 340 g/mol. The van der Waals surface area contributed by atoms with Crippen molar-refractivity contribution in [2.45, 2.75) is 19.3 Å². The Morgan fingerprint density at radius 1 is 0.500 bits per heavy atom. The van der Waals surface area contributed by atoms with Crippen molar-refractivity contribution in [1.29, 1.82) is 0 Å². The van der Waals surface area contributed by atoms with Crippen molar-refractivity contribution in [3.05, 3.63) is 137 Å². The van der Waals surface area contributed by atoms with Crippen molar-refractivity contribution in [3.8, 4) is 5.75 Å². The maximum absolute atomic E-state index is 9.94. The van der Waals surface area contributed by atoms with Crippen LogP contribution in [0.2, 0.25) is 0 Å². The standard InChI is InChI=1S/C27H24O/c1-20-10-6-8-14-25(20)27(22-12-4-3-5-13-22,23-16-18-24(28)19-17-23)26-15-9-7-11-21(26)2/h3-19,28H,1-2H3. The minimum Gasteiger partial charge on any atom is -0.508 e. The summed E-state index contributed by atoms with van der Waals surface area (Å²) in [6.45, 7) is 4.34. The van der Waals surface area contributed by atoms with Crippen LogP contribution < -0.4 is 0 Å². The fourth-order valence-corrected chi connectivity index (χ4v) is 4.32. The summed E-state index contributed by atoms with van der Waals surface area (Å²) < 4.78 is 0. The van der Waals surface area contributed by atoms with Crippen LogP contribution in [0.15, 0.2) is 103 Å². The Labute approximate surface area is 166 Å². The average Bonchev–Trinajstić information content (AvgIpc) is 2.73. The fourth-order valence-electron chi connectivity index (χ4n) is 4.32. The smallest absolute Gasteiger partial charge is 0.115 e. The van der Waals surface area contributed by atoms with E-state index in [1.165, 1.54) is 27.8 Å². The number of phenols is 1. The number of aryl methyl sites for hydroxylation is 2. The Morgan fingerprint density at radius 2 is 0.929 bits per heavy atom. The van der Waals surface area contributed by atoms with Gasteiger partial charge in [0.25, 0.3) is 0 Å². The summed E-state index contributed by atoms with van der Waals surface area (Å²) in [5.74, 6) is 0.278. The lowest BCUT2D eigenvalue weighted by molar-refractivity contribution is 0.475. The molecule has 138 valence electrons. The predicted molar refractivity (Wildman–Crippen MR) is 116 cm³/mol. The van der Waals surface area contributed by atoms with Gasteiger partial charge in [0.15, 0.2) is 0 Å². The van der Waals surface area contributed by atoms with Crippen molar-refractivity contribution >= 4 is 0 Å². The van der Waals surface area contributed by atoms with Gasteiger partial charge in [-0.2, -0.15) is 0 Å². The molecule has 0 spiro atoms. The molecule has 0 atom stereocenters. The van der Waals surface area contributed by atoms with Gasteiger partial charge < -0.3 is 5.11 Å². The Bertz CT molecular complexity index is 1030. The number of aromatic hydroxyl groups is 1. The predicted octanol–water partition coefficient (Wildman–Crippen LogP) is 6.39. The lowest BCUT2D eigenvalue weighted by Crippen LogP contribution is -2.32. The van der Waals surface area contributed by atoms with Crippen molar-refractivity contribution in [3.63, 3.8) is 0 Å². The molecule has 4 aromatic carbocycles. The van der Waals surface area contributed by atoms with Crippen molar-refractivity contribution in [2.24, 2.45) is 0 Å². The zero-order valence-electron chi connectivity index (χ0n) is 16.3. The van der Waals surface area contributed by atoms with E-state index in [-0.39, 0.29) is 5.75 Å². The molecular formula is C27H24O. The zero-order chi connectivity index (χ0) is 19.6.